The Kier molecular flexibility index (Phi) is 41.4. The Bertz CT molecular complexity index is 683. The Morgan fingerprint density at radius 2 is 0.778 bits per heavy atom. The molecule has 45 heavy (non-hydrogen) atoms. The molecule has 0 saturated heterocycles. The first-order valence-corrected chi connectivity index (χ1v) is 21.1. The van der Waals surface area contributed by atoms with Crippen LogP contribution in [0.5, 0.6) is 0 Å². The van der Waals surface area contributed by atoms with Crippen molar-refractivity contribution in [3.8, 4) is 0 Å². The summed E-state index contributed by atoms with van der Waals surface area (Å²) in [5.41, 5.74) is 0. The maximum atomic E-state index is 11.0. The van der Waals surface area contributed by atoms with Crippen molar-refractivity contribution in [1.29, 1.82) is 0 Å². The smallest absolute Gasteiger partial charge is 0.726 e. The van der Waals surface area contributed by atoms with Gasteiger partial charge in [0.25, 0.3) is 0 Å². The fraction of sp³-hybridized carbons (Fsp3) is 0.949. The molecule has 0 heterocycles. The van der Waals surface area contributed by atoms with Crippen molar-refractivity contribution in [3.63, 3.8) is 0 Å². The number of unbranched alkanes of at least 4 members (excludes halogenated alkanes) is 30. The van der Waals surface area contributed by atoms with E-state index in [-0.39, 0.29) is 42.1 Å². The van der Waals surface area contributed by atoms with Crippen LogP contribution in [0.15, 0.2) is 12.2 Å². The van der Waals surface area contributed by atoms with Gasteiger partial charge in [0.05, 0.1) is 6.61 Å². The molecular weight excluding hydrogens is 587 g/mol. The van der Waals surface area contributed by atoms with Crippen LogP contribution in [-0.4, -0.2) is 19.6 Å². The summed E-state index contributed by atoms with van der Waals surface area (Å²) in [5.74, 6) is 0.0157. The van der Waals surface area contributed by atoms with Gasteiger partial charge in [0.1, 0.15) is 0 Å². The molecule has 0 rings (SSSR count). The second-order valence-electron chi connectivity index (χ2n) is 13.7. The van der Waals surface area contributed by atoms with E-state index >= 15 is 0 Å². The molecule has 0 saturated carbocycles. The molecule has 0 spiro atoms. The Morgan fingerprint density at radius 1 is 0.489 bits per heavy atom. The standard InChI is InChI=1S/C39H78O4S.Na/c1-3-5-7-9-11-13-15-17-18-19-20-21-22-23-25-27-29-31-33-35-37-39(38-43-44(40,41)42)36-34-32-30-28-26-24-16-14-12-10-8-6-4-2;/h35,37,39H,3-34,36,38H2,1-2H3,(H,40,41,42);/q;+1/p-1/b37-35+;. The van der Waals surface area contributed by atoms with Gasteiger partial charge in [-0.25, -0.2) is 8.42 Å². The van der Waals surface area contributed by atoms with Gasteiger partial charge in [-0.2, -0.15) is 0 Å². The molecule has 0 aromatic heterocycles. The van der Waals surface area contributed by atoms with Gasteiger partial charge in [0.15, 0.2) is 0 Å². The van der Waals surface area contributed by atoms with Crippen molar-refractivity contribution in [2.45, 2.75) is 226 Å². The van der Waals surface area contributed by atoms with Gasteiger partial charge in [-0.15, -0.1) is 0 Å². The zero-order chi connectivity index (χ0) is 32.2. The van der Waals surface area contributed by atoms with Crippen LogP contribution >= 0.6 is 0 Å². The van der Waals surface area contributed by atoms with Gasteiger partial charge in [-0.3, -0.25) is 4.18 Å². The van der Waals surface area contributed by atoms with E-state index in [1.165, 1.54) is 193 Å². The molecule has 264 valence electrons. The van der Waals surface area contributed by atoms with E-state index in [0.717, 1.165) is 19.3 Å². The van der Waals surface area contributed by atoms with Crippen molar-refractivity contribution in [3.05, 3.63) is 12.2 Å². The number of hydrogen-bond donors (Lipinski definition) is 0. The molecule has 0 aliphatic heterocycles. The van der Waals surface area contributed by atoms with Gasteiger partial charge in [-0.05, 0) is 19.3 Å². The van der Waals surface area contributed by atoms with Gasteiger partial charge < -0.3 is 4.55 Å². The summed E-state index contributed by atoms with van der Waals surface area (Å²) in [5, 5.41) is 0. The molecule has 0 amide bonds. The molecule has 0 aliphatic rings. The average Bonchev–Trinajstić information content (AvgIpc) is 3.00. The number of allylic oxidation sites excluding steroid dienone is 1. The molecule has 0 bridgehead atoms. The summed E-state index contributed by atoms with van der Waals surface area (Å²) in [6.45, 7) is 4.54. The van der Waals surface area contributed by atoms with Crippen LogP contribution in [0.4, 0.5) is 0 Å². The Hall–Kier alpha value is 0.610. The molecule has 1 atom stereocenters. The van der Waals surface area contributed by atoms with Crippen LogP contribution in [0, 0.1) is 5.92 Å². The first-order chi connectivity index (χ1) is 21.5. The van der Waals surface area contributed by atoms with Crippen molar-refractivity contribution < 1.29 is 46.7 Å². The van der Waals surface area contributed by atoms with Crippen molar-refractivity contribution in [2.75, 3.05) is 6.61 Å². The molecule has 6 heteroatoms. The predicted octanol–water partition coefficient (Wildman–Crippen LogP) is 10.6. The van der Waals surface area contributed by atoms with E-state index in [1.807, 2.05) is 0 Å². The first-order valence-electron chi connectivity index (χ1n) is 19.8. The third kappa shape index (κ3) is 42.6. The van der Waals surface area contributed by atoms with Gasteiger partial charge in [-0.1, -0.05) is 219 Å². The molecule has 0 fully saturated rings. The minimum Gasteiger partial charge on any atom is -0.726 e. The number of rotatable bonds is 37. The monoisotopic (exact) mass is 665 g/mol. The second kappa shape index (κ2) is 39.1. The van der Waals surface area contributed by atoms with Gasteiger partial charge >= 0.3 is 29.6 Å². The van der Waals surface area contributed by atoms with Crippen LogP contribution in [0.25, 0.3) is 0 Å². The average molecular weight is 665 g/mol. The van der Waals surface area contributed by atoms with Crippen molar-refractivity contribution in [2.24, 2.45) is 5.92 Å². The molecule has 0 N–H and O–H groups in total. The van der Waals surface area contributed by atoms with Gasteiger partial charge in [0.2, 0.25) is 10.4 Å². The Labute approximate surface area is 305 Å². The van der Waals surface area contributed by atoms with E-state index in [2.05, 4.69) is 30.2 Å². The largest absolute Gasteiger partial charge is 1.00 e. The Balaban J connectivity index is 0. The van der Waals surface area contributed by atoms with E-state index < -0.39 is 10.4 Å². The summed E-state index contributed by atoms with van der Waals surface area (Å²) in [6, 6.07) is 0. The maximum Gasteiger partial charge on any atom is 1.00 e. The second-order valence-corrected chi connectivity index (χ2v) is 14.8. The molecular formula is C39H77NaO4S. The van der Waals surface area contributed by atoms with E-state index in [9.17, 15) is 13.0 Å². The summed E-state index contributed by atoms with van der Waals surface area (Å²) in [7, 11) is -4.62. The molecule has 0 aromatic rings. The SMILES string of the molecule is CCCCCCCCCCCCCCCCCCCC/C=C/C(CCCCCCCCCCCCCCC)COS(=O)(=O)[O-].[Na+]. The molecule has 0 radical (unpaired) electrons. The zero-order valence-corrected chi connectivity index (χ0v) is 33.6. The summed E-state index contributed by atoms with van der Waals surface area (Å²) in [4.78, 5) is 0. The zero-order valence-electron chi connectivity index (χ0n) is 30.8. The third-order valence-electron chi connectivity index (χ3n) is 9.24. The molecule has 0 aliphatic carbocycles. The van der Waals surface area contributed by atoms with E-state index in [4.69, 9.17) is 0 Å². The van der Waals surface area contributed by atoms with Crippen LogP contribution in [0.2, 0.25) is 0 Å². The molecule has 4 nitrogen and oxygen atoms in total. The molecule has 1 unspecified atom stereocenters. The Morgan fingerprint density at radius 3 is 1.09 bits per heavy atom. The van der Waals surface area contributed by atoms with Crippen molar-refractivity contribution >= 4 is 10.4 Å². The summed E-state index contributed by atoms with van der Waals surface area (Å²) < 4.78 is 37.6. The predicted molar refractivity (Wildman–Crippen MR) is 192 cm³/mol. The van der Waals surface area contributed by atoms with Crippen LogP contribution in [0.1, 0.15) is 226 Å². The third-order valence-corrected chi connectivity index (χ3v) is 9.66. The van der Waals surface area contributed by atoms with E-state index in [1.54, 1.807) is 0 Å². The van der Waals surface area contributed by atoms with Crippen LogP contribution < -0.4 is 29.6 Å². The normalized spacial score (nSPS) is 12.6. The maximum absolute atomic E-state index is 11.0. The first kappa shape index (κ1) is 47.7. The number of hydrogen-bond acceptors (Lipinski definition) is 4. The fourth-order valence-corrected chi connectivity index (χ4v) is 6.62. The summed E-state index contributed by atoms with van der Waals surface area (Å²) in [6.07, 6.45) is 48.3. The topological polar surface area (TPSA) is 66.4 Å². The van der Waals surface area contributed by atoms with Gasteiger partial charge in [0, 0.05) is 5.92 Å². The van der Waals surface area contributed by atoms with Crippen LogP contribution in [0.3, 0.4) is 0 Å². The summed E-state index contributed by atoms with van der Waals surface area (Å²) >= 11 is 0. The minimum atomic E-state index is -4.62. The minimum absolute atomic E-state index is 0. The van der Waals surface area contributed by atoms with E-state index in [0.29, 0.717) is 0 Å². The molecule has 0 aromatic carbocycles. The quantitative estimate of drug-likeness (QED) is 0.0218. The van der Waals surface area contributed by atoms with Crippen molar-refractivity contribution in [1.82, 2.24) is 0 Å². The fourth-order valence-electron chi connectivity index (χ4n) is 6.28. The van der Waals surface area contributed by atoms with Crippen LogP contribution in [-0.2, 0) is 14.6 Å².